The van der Waals surface area contributed by atoms with Crippen molar-refractivity contribution in [2.45, 2.75) is 0 Å². The van der Waals surface area contributed by atoms with Crippen LogP contribution in [0.4, 0.5) is 34.1 Å². The van der Waals surface area contributed by atoms with E-state index >= 15 is 0 Å². The largest absolute Gasteiger partial charge is 0.310 e. The molecule has 11 aromatic carbocycles. The summed E-state index contributed by atoms with van der Waals surface area (Å²) in [4.78, 5) is 4.70. The molecule has 0 unspecified atom stereocenters. The normalized spacial score (nSPS) is 11.1. The van der Waals surface area contributed by atoms with E-state index in [0.29, 0.717) is 0 Å². The average molecular weight is 817 g/mol. The second-order valence-corrected chi connectivity index (χ2v) is 16.1. The lowest BCUT2D eigenvalue weighted by Gasteiger charge is -2.27. The van der Waals surface area contributed by atoms with Crippen LogP contribution in [-0.2, 0) is 0 Å². The highest BCUT2D eigenvalue weighted by molar-refractivity contribution is 6.07. The molecule has 0 radical (unpaired) electrons. The van der Waals surface area contributed by atoms with Crippen molar-refractivity contribution in [2.24, 2.45) is 0 Å². The van der Waals surface area contributed by atoms with E-state index in [1.807, 2.05) is 0 Å². The van der Waals surface area contributed by atoms with Gasteiger partial charge in [0, 0.05) is 33.5 Å². The maximum absolute atomic E-state index is 2.35. The molecule has 64 heavy (non-hydrogen) atoms. The Morgan fingerprint density at radius 1 is 0.172 bits per heavy atom. The lowest BCUT2D eigenvalue weighted by atomic mass is 9.93. The molecular formula is C62H44N2. The predicted molar refractivity (Wildman–Crippen MR) is 273 cm³/mol. The molecule has 0 aromatic heterocycles. The Hall–Kier alpha value is -8.46. The Labute approximate surface area is 375 Å². The molecule has 0 amide bonds. The number of nitrogens with zero attached hydrogens (tertiary/aromatic N) is 2. The number of fused-ring (bicyclic) bond motifs is 2. The monoisotopic (exact) mass is 816 g/mol. The van der Waals surface area contributed by atoms with E-state index in [1.165, 1.54) is 66.1 Å². The Kier molecular flexibility index (Phi) is 10.3. The maximum atomic E-state index is 2.35. The van der Waals surface area contributed by atoms with E-state index in [1.54, 1.807) is 0 Å². The molecule has 0 fully saturated rings. The van der Waals surface area contributed by atoms with Gasteiger partial charge in [-0.3, -0.25) is 0 Å². The van der Waals surface area contributed by atoms with Crippen molar-refractivity contribution in [1.29, 1.82) is 0 Å². The lowest BCUT2D eigenvalue weighted by Crippen LogP contribution is -2.10. The van der Waals surface area contributed by atoms with Gasteiger partial charge in [0.2, 0.25) is 0 Å². The third kappa shape index (κ3) is 7.38. The molecule has 0 aliphatic carbocycles. The van der Waals surface area contributed by atoms with Crippen LogP contribution >= 0.6 is 0 Å². The van der Waals surface area contributed by atoms with Gasteiger partial charge in [-0.05, 0) is 116 Å². The lowest BCUT2D eigenvalue weighted by molar-refractivity contribution is 1.30. The average Bonchev–Trinajstić information content (AvgIpc) is 3.38. The molecule has 0 N–H and O–H groups in total. The molecule has 11 aromatic rings. The molecule has 302 valence electrons. The molecule has 2 heteroatoms. The van der Waals surface area contributed by atoms with Gasteiger partial charge in [-0.15, -0.1) is 0 Å². The van der Waals surface area contributed by atoms with E-state index in [4.69, 9.17) is 0 Å². The molecule has 0 saturated carbocycles. The summed E-state index contributed by atoms with van der Waals surface area (Å²) in [6.45, 7) is 0. The second-order valence-electron chi connectivity index (χ2n) is 16.1. The van der Waals surface area contributed by atoms with Crippen LogP contribution in [0, 0.1) is 0 Å². The molecule has 0 saturated heterocycles. The Morgan fingerprint density at radius 3 is 0.688 bits per heavy atom. The molecule has 0 spiro atoms. The summed E-state index contributed by atoms with van der Waals surface area (Å²) in [5.74, 6) is 0. The first-order valence-electron chi connectivity index (χ1n) is 21.9. The fourth-order valence-corrected chi connectivity index (χ4v) is 9.16. The van der Waals surface area contributed by atoms with Gasteiger partial charge in [-0.1, -0.05) is 206 Å². The van der Waals surface area contributed by atoms with Crippen LogP contribution in [0.5, 0.6) is 0 Å². The molecule has 11 rings (SSSR count). The number of hydrogen-bond donors (Lipinski definition) is 0. The third-order valence-electron chi connectivity index (χ3n) is 12.3. The summed E-state index contributed by atoms with van der Waals surface area (Å²) in [7, 11) is 0. The van der Waals surface area contributed by atoms with E-state index in [9.17, 15) is 0 Å². The maximum Gasteiger partial charge on any atom is 0.0540 e. The van der Waals surface area contributed by atoms with Gasteiger partial charge in [-0.25, -0.2) is 0 Å². The summed E-state index contributed by atoms with van der Waals surface area (Å²) in [6, 6.07) is 96.0. The Morgan fingerprint density at radius 2 is 0.406 bits per heavy atom. The van der Waals surface area contributed by atoms with Gasteiger partial charge in [0.1, 0.15) is 0 Å². The van der Waals surface area contributed by atoms with Gasteiger partial charge in [0.25, 0.3) is 0 Å². The minimum absolute atomic E-state index is 1.13. The van der Waals surface area contributed by atoms with Crippen LogP contribution < -0.4 is 9.80 Å². The van der Waals surface area contributed by atoms with Crippen molar-refractivity contribution in [3.05, 3.63) is 267 Å². The zero-order valence-corrected chi connectivity index (χ0v) is 35.3. The zero-order chi connectivity index (χ0) is 42.7. The Balaban J connectivity index is 0.853. The second kappa shape index (κ2) is 17.1. The van der Waals surface area contributed by atoms with Crippen molar-refractivity contribution in [1.82, 2.24) is 0 Å². The van der Waals surface area contributed by atoms with Crippen LogP contribution in [0.15, 0.2) is 267 Å². The Bertz CT molecular complexity index is 3020. The minimum atomic E-state index is 1.13. The summed E-state index contributed by atoms with van der Waals surface area (Å²) < 4.78 is 0. The highest BCUT2D eigenvalue weighted by Crippen LogP contribution is 2.44. The van der Waals surface area contributed by atoms with Gasteiger partial charge >= 0.3 is 0 Å². The minimum Gasteiger partial charge on any atom is -0.310 e. The van der Waals surface area contributed by atoms with Crippen molar-refractivity contribution in [3.63, 3.8) is 0 Å². The highest BCUT2D eigenvalue weighted by atomic mass is 15.1. The first kappa shape index (κ1) is 38.5. The molecule has 0 atom stereocenters. The molecular weight excluding hydrogens is 773 g/mol. The number of benzene rings is 11. The van der Waals surface area contributed by atoms with Gasteiger partial charge in [0.05, 0.1) is 11.4 Å². The van der Waals surface area contributed by atoms with Crippen molar-refractivity contribution < 1.29 is 0 Å². The van der Waals surface area contributed by atoms with E-state index in [-0.39, 0.29) is 0 Å². The molecule has 0 heterocycles. The van der Waals surface area contributed by atoms with Crippen LogP contribution in [-0.4, -0.2) is 0 Å². The third-order valence-corrected chi connectivity index (χ3v) is 12.3. The fraction of sp³-hybridized carbons (Fsp3) is 0. The first-order chi connectivity index (χ1) is 31.8. The standard InChI is InChI=1S/C62H44N2/c1-5-17-51(18-6-1)63(52-19-7-2-8-20-52)61-43-41-55(57-25-13-15-27-59(57)61)49-37-33-47(34-38-49)45-29-31-46(32-30-45)48-35-39-50(40-36-48)56-42-44-62(60-28-16-14-26-58(56)60)64(53-21-9-3-10-22-53)54-23-11-4-12-24-54/h1-44H. The topological polar surface area (TPSA) is 6.48 Å². The summed E-state index contributed by atoms with van der Waals surface area (Å²) in [6.07, 6.45) is 0. The van der Waals surface area contributed by atoms with Gasteiger partial charge in [-0.2, -0.15) is 0 Å². The molecule has 2 nitrogen and oxygen atoms in total. The van der Waals surface area contributed by atoms with Gasteiger partial charge < -0.3 is 9.80 Å². The summed E-state index contributed by atoms with van der Waals surface area (Å²) >= 11 is 0. The van der Waals surface area contributed by atoms with Crippen molar-refractivity contribution >= 4 is 55.7 Å². The number of rotatable bonds is 10. The molecule has 0 aliphatic rings. The fourth-order valence-electron chi connectivity index (χ4n) is 9.16. The number of para-hydroxylation sites is 4. The predicted octanol–water partition coefficient (Wildman–Crippen LogP) is 17.6. The van der Waals surface area contributed by atoms with E-state index in [0.717, 1.165) is 34.1 Å². The highest BCUT2D eigenvalue weighted by Gasteiger charge is 2.19. The van der Waals surface area contributed by atoms with E-state index < -0.39 is 0 Å². The van der Waals surface area contributed by atoms with Crippen molar-refractivity contribution in [3.8, 4) is 44.5 Å². The van der Waals surface area contributed by atoms with Crippen LogP contribution in [0.1, 0.15) is 0 Å². The summed E-state index contributed by atoms with van der Waals surface area (Å²) in [5, 5.41) is 4.87. The van der Waals surface area contributed by atoms with Gasteiger partial charge in [0.15, 0.2) is 0 Å². The number of hydrogen-bond acceptors (Lipinski definition) is 2. The SMILES string of the molecule is c1ccc(N(c2ccccc2)c2ccc(-c3ccc(-c4ccc(-c5ccc(-c6ccc(N(c7ccccc7)c7ccccc7)c7ccccc67)cc5)cc4)cc3)c3ccccc23)cc1. The van der Waals surface area contributed by atoms with Crippen LogP contribution in [0.2, 0.25) is 0 Å². The van der Waals surface area contributed by atoms with Crippen LogP contribution in [0.3, 0.4) is 0 Å². The number of anilines is 6. The molecule has 0 aliphatic heterocycles. The zero-order valence-electron chi connectivity index (χ0n) is 35.3. The smallest absolute Gasteiger partial charge is 0.0540 e. The van der Waals surface area contributed by atoms with Crippen molar-refractivity contribution in [2.75, 3.05) is 9.80 Å². The quantitative estimate of drug-likeness (QED) is 0.136. The first-order valence-corrected chi connectivity index (χ1v) is 21.9. The molecule has 0 bridgehead atoms. The summed E-state index contributed by atoms with van der Waals surface area (Å²) in [5.41, 5.74) is 16.4. The van der Waals surface area contributed by atoms with Crippen LogP contribution in [0.25, 0.3) is 66.1 Å². The van der Waals surface area contributed by atoms with E-state index in [2.05, 4.69) is 277 Å².